The molecule has 0 heterocycles. The predicted octanol–water partition coefficient (Wildman–Crippen LogP) is 2.75. The van der Waals surface area contributed by atoms with Crippen LogP contribution < -0.4 is 9.62 Å². The van der Waals surface area contributed by atoms with Crippen LogP contribution in [0.25, 0.3) is 0 Å². The lowest BCUT2D eigenvalue weighted by atomic mass is 10.2. The van der Waals surface area contributed by atoms with Gasteiger partial charge in [-0.2, -0.15) is 0 Å². The second-order valence-electron chi connectivity index (χ2n) is 4.97. The van der Waals surface area contributed by atoms with Gasteiger partial charge in [-0.25, -0.2) is 21.6 Å². The molecule has 128 valence electrons. The molecule has 0 aliphatic heterocycles. The third kappa shape index (κ3) is 3.85. The first-order valence-electron chi connectivity index (χ1n) is 6.59. The standard InChI is InChI=1S/C15H13F3N2O3S/c1-20(24(2,22)23)14-6-4-10(16)8-13(14)19-15(21)9-3-5-11(17)12(18)7-9/h3-8H,1-2H3,(H,19,21). The van der Waals surface area contributed by atoms with Crippen LogP contribution in [0.1, 0.15) is 10.4 Å². The minimum atomic E-state index is -3.65. The van der Waals surface area contributed by atoms with Gasteiger partial charge in [-0.15, -0.1) is 0 Å². The van der Waals surface area contributed by atoms with E-state index in [0.29, 0.717) is 6.07 Å². The highest BCUT2D eigenvalue weighted by molar-refractivity contribution is 7.92. The number of halogens is 3. The van der Waals surface area contributed by atoms with Crippen LogP contribution >= 0.6 is 0 Å². The van der Waals surface area contributed by atoms with Gasteiger partial charge in [-0.05, 0) is 36.4 Å². The fourth-order valence-electron chi connectivity index (χ4n) is 1.89. The maximum atomic E-state index is 13.4. The van der Waals surface area contributed by atoms with Crippen molar-refractivity contribution in [2.75, 3.05) is 22.9 Å². The number of benzene rings is 2. The van der Waals surface area contributed by atoms with Crippen molar-refractivity contribution in [1.82, 2.24) is 0 Å². The summed E-state index contributed by atoms with van der Waals surface area (Å²) in [7, 11) is -2.42. The van der Waals surface area contributed by atoms with Crippen LogP contribution in [-0.4, -0.2) is 27.6 Å². The second-order valence-corrected chi connectivity index (χ2v) is 6.99. The zero-order chi connectivity index (χ0) is 18.1. The van der Waals surface area contributed by atoms with Crippen molar-refractivity contribution < 1.29 is 26.4 Å². The van der Waals surface area contributed by atoms with Crippen molar-refractivity contribution in [3.05, 3.63) is 59.4 Å². The molecule has 24 heavy (non-hydrogen) atoms. The molecule has 0 bridgehead atoms. The summed E-state index contributed by atoms with van der Waals surface area (Å²) in [6.07, 6.45) is 0.942. The number of nitrogens with one attached hydrogen (secondary N) is 1. The molecule has 0 aromatic heterocycles. The summed E-state index contributed by atoms with van der Waals surface area (Å²) in [5, 5.41) is 2.29. The molecule has 9 heteroatoms. The third-order valence-electron chi connectivity index (χ3n) is 3.23. The molecule has 1 N–H and O–H groups in total. The molecule has 2 aromatic rings. The SMILES string of the molecule is CN(c1ccc(F)cc1NC(=O)c1ccc(F)c(F)c1)S(C)(=O)=O. The largest absolute Gasteiger partial charge is 0.320 e. The number of hydrogen-bond donors (Lipinski definition) is 1. The van der Waals surface area contributed by atoms with Gasteiger partial charge in [-0.3, -0.25) is 9.10 Å². The molecule has 0 aliphatic carbocycles. The Morgan fingerprint density at radius 2 is 1.71 bits per heavy atom. The van der Waals surface area contributed by atoms with E-state index in [0.717, 1.165) is 34.8 Å². The summed E-state index contributed by atoms with van der Waals surface area (Å²) in [6, 6.07) is 5.65. The molecule has 0 saturated carbocycles. The lowest BCUT2D eigenvalue weighted by molar-refractivity contribution is 0.102. The minimum Gasteiger partial charge on any atom is -0.320 e. The summed E-state index contributed by atoms with van der Waals surface area (Å²) in [5.74, 6) is -3.88. The maximum absolute atomic E-state index is 13.4. The molecule has 1 amide bonds. The van der Waals surface area contributed by atoms with Crippen LogP contribution in [0.3, 0.4) is 0 Å². The Bertz CT molecular complexity index is 901. The Morgan fingerprint density at radius 3 is 2.29 bits per heavy atom. The van der Waals surface area contributed by atoms with Crippen molar-refractivity contribution in [2.24, 2.45) is 0 Å². The summed E-state index contributed by atoms with van der Waals surface area (Å²) in [6.45, 7) is 0. The highest BCUT2D eigenvalue weighted by atomic mass is 32.2. The minimum absolute atomic E-state index is 0.0230. The van der Waals surface area contributed by atoms with Crippen LogP contribution in [0.15, 0.2) is 36.4 Å². The first kappa shape index (κ1) is 17.8. The van der Waals surface area contributed by atoms with Gasteiger partial charge in [0.15, 0.2) is 11.6 Å². The van der Waals surface area contributed by atoms with Crippen LogP contribution in [0.4, 0.5) is 24.5 Å². The number of rotatable bonds is 4. The molecule has 0 aliphatic rings. The molecule has 0 saturated heterocycles. The monoisotopic (exact) mass is 358 g/mol. The van der Waals surface area contributed by atoms with Crippen molar-refractivity contribution in [3.8, 4) is 0 Å². The van der Waals surface area contributed by atoms with Crippen molar-refractivity contribution in [2.45, 2.75) is 0 Å². The van der Waals surface area contributed by atoms with Crippen LogP contribution in [0.2, 0.25) is 0 Å². The van der Waals surface area contributed by atoms with E-state index in [2.05, 4.69) is 5.32 Å². The molecule has 0 atom stereocenters. The van der Waals surface area contributed by atoms with E-state index in [1.165, 1.54) is 13.1 Å². The molecule has 0 unspecified atom stereocenters. The number of sulfonamides is 1. The van der Waals surface area contributed by atoms with Gasteiger partial charge < -0.3 is 5.32 Å². The van der Waals surface area contributed by atoms with E-state index in [1.54, 1.807) is 0 Å². The number of carbonyl (C=O) groups excluding carboxylic acids is 1. The number of nitrogens with zero attached hydrogens (tertiary/aromatic N) is 1. The van der Waals surface area contributed by atoms with Crippen molar-refractivity contribution in [1.29, 1.82) is 0 Å². The highest BCUT2D eigenvalue weighted by Crippen LogP contribution is 2.28. The Kier molecular flexibility index (Phi) is 4.83. The molecule has 2 aromatic carbocycles. The third-order valence-corrected chi connectivity index (χ3v) is 4.42. The van der Waals surface area contributed by atoms with Crippen LogP contribution in [-0.2, 0) is 10.0 Å². The Morgan fingerprint density at radius 1 is 1.04 bits per heavy atom. The van der Waals surface area contributed by atoms with Gasteiger partial charge in [0, 0.05) is 12.6 Å². The van der Waals surface area contributed by atoms with Gasteiger partial charge in [0.25, 0.3) is 5.91 Å². The van der Waals surface area contributed by atoms with Gasteiger partial charge in [-0.1, -0.05) is 0 Å². The zero-order valence-corrected chi connectivity index (χ0v) is 13.5. The number of carbonyl (C=O) groups is 1. The van der Waals surface area contributed by atoms with Gasteiger partial charge in [0.2, 0.25) is 10.0 Å². The van der Waals surface area contributed by atoms with E-state index in [-0.39, 0.29) is 16.9 Å². The Labute approximate surface area is 136 Å². The first-order valence-corrected chi connectivity index (χ1v) is 8.44. The zero-order valence-electron chi connectivity index (χ0n) is 12.7. The van der Waals surface area contributed by atoms with E-state index < -0.39 is 33.4 Å². The van der Waals surface area contributed by atoms with Gasteiger partial charge >= 0.3 is 0 Å². The fraction of sp³-hybridized carbons (Fsp3) is 0.133. The molecule has 5 nitrogen and oxygen atoms in total. The Balaban J connectivity index is 2.39. The summed E-state index contributed by atoms with van der Waals surface area (Å²) in [4.78, 5) is 12.1. The first-order chi connectivity index (χ1) is 11.1. The fourth-order valence-corrected chi connectivity index (χ4v) is 2.41. The smallest absolute Gasteiger partial charge is 0.255 e. The van der Waals surface area contributed by atoms with Crippen LogP contribution in [0, 0.1) is 17.5 Å². The maximum Gasteiger partial charge on any atom is 0.255 e. The summed E-state index contributed by atoms with van der Waals surface area (Å²) in [5.41, 5.74) is -0.307. The molecule has 0 fully saturated rings. The Hall–Kier alpha value is -2.55. The number of hydrogen-bond acceptors (Lipinski definition) is 3. The van der Waals surface area contributed by atoms with E-state index >= 15 is 0 Å². The van der Waals surface area contributed by atoms with Crippen molar-refractivity contribution in [3.63, 3.8) is 0 Å². The average molecular weight is 358 g/mol. The number of amides is 1. The molecule has 2 rings (SSSR count). The van der Waals surface area contributed by atoms with Gasteiger partial charge in [0.05, 0.1) is 17.6 Å². The molecule has 0 radical (unpaired) electrons. The topological polar surface area (TPSA) is 66.5 Å². The van der Waals surface area contributed by atoms with Crippen LogP contribution in [0.5, 0.6) is 0 Å². The lowest BCUT2D eigenvalue weighted by Gasteiger charge is -2.20. The summed E-state index contributed by atoms with van der Waals surface area (Å²) >= 11 is 0. The second kappa shape index (κ2) is 6.52. The molecular weight excluding hydrogens is 345 g/mol. The highest BCUT2D eigenvalue weighted by Gasteiger charge is 2.19. The van der Waals surface area contributed by atoms with Crippen molar-refractivity contribution >= 4 is 27.3 Å². The van der Waals surface area contributed by atoms with Gasteiger partial charge in [0.1, 0.15) is 5.82 Å². The summed E-state index contributed by atoms with van der Waals surface area (Å²) < 4.78 is 63.7. The molecular formula is C15H13F3N2O3S. The normalized spacial score (nSPS) is 11.2. The average Bonchev–Trinajstić information content (AvgIpc) is 2.48. The molecule has 0 spiro atoms. The predicted molar refractivity (Wildman–Crippen MR) is 84.0 cm³/mol. The lowest BCUT2D eigenvalue weighted by Crippen LogP contribution is -2.26. The number of anilines is 2. The quantitative estimate of drug-likeness (QED) is 0.914. The van der Waals surface area contributed by atoms with E-state index in [9.17, 15) is 26.4 Å². The van der Waals surface area contributed by atoms with E-state index in [4.69, 9.17) is 0 Å². The van der Waals surface area contributed by atoms with E-state index in [1.807, 2.05) is 0 Å².